The van der Waals surface area contributed by atoms with Gasteiger partial charge >= 0.3 is 5.97 Å². The number of aliphatic carboxylic acids is 1. The second-order valence-electron chi connectivity index (χ2n) is 5.61. The van der Waals surface area contributed by atoms with Crippen LogP contribution in [0, 0.1) is 0 Å². The Labute approximate surface area is 135 Å². The van der Waals surface area contributed by atoms with Gasteiger partial charge in [-0.3, -0.25) is 4.79 Å². The van der Waals surface area contributed by atoms with E-state index >= 15 is 0 Å². The minimum absolute atomic E-state index is 0.241. The van der Waals surface area contributed by atoms with E-state index in [4.69, 9.17) is 5.11 Å². The van der Waals surface area contributed by atoms with Crippen molar-refractivity contribution >= 4 is 22.8 Å². The van der Waals surface area contributed by atoms with Crippen molar-refractivity contribution in [2.75, 3.05) is 0 Å². The molecule has 0 aliphatic carbocycles. The first kappa shape index (κ1) is 16.8. The molecule has 0 bridgehead atoms. The zero-order chi connectivity index (χ0) is 16.8. The Kier molecular flexibility index (Phi) is 5.57. The van der Waals surface area contributed by atoms with Gasteiger partial charge in [-0.05, 0) is 30.9 Å². The average molecular weight is 314 g/mol. The number of benzene rings is 1. The standard InChI is InChI=1S/C18H22N2O3/c1-3-4-8-15(18(22)23)19-17(21)11-10-13-12-20(2)16-9-6-5-7-14(13)16/h3,5-7,9,12,15H,1,4,8,10-11H2,2H3,(H,19,21)(H,22,23). The van der Waals surface area contributed by atoms with Crippen molar-refractivity contribution in [3.8, 4) is 0 Å². The molecule has 1 heterocycles. The summed E-state index contributed by atoms with van der Waals surface area (Å²) >= 11 is 0. The number of nitrogens with one attached hydrogen (secondary N) is 1. The van der Waals surface area contributed by atoms with E-state index < -0.39 is 12.0 Å². The van der Waals surface area contributed by atoms with E-state index in [1.807, 2.05) is 42.1 Å². The number of carbonyl (C=O) groups is 2. The summed E-state index contributed by atoms with van der Waals surface area (Å²) in [6.45, 7) is 3.57. The fourth-order valence-corrected chi connectivity index (χ4v) is 2.68. The fraction of sp³-hybridized carbons (Fsp3) is 0.333. The van der Waals surface area contributed by atoms with Crippen LogP contribution in [0.25, 0.3) is 10.9 Å². The van der Waals surface area contributed by atoms with Gasteiger partial charge in [0.25, 0.3) is 0 Å². The predicted molar refractivity (Wildman–Crippen MR) is 90.2 cm³/mol. The molecule has 1 aromatic carbocycles. The third kappa shape index (κ3) is 4.22. The van der Waals surface area contributed by atoms with Gasteiger partial charge in [-0.1, -0.05) is 24.3 Å². The van der Waals surface area contributed by atoms with Crippen LogP contribution in [0.1, 0.15) is 24.8 Å². The first-order valence-electron chi connectivity index (χ1n) is 7.69. The van der Waals surface area contributed by atoms with Crippen molar-refractivity contribution in [3.63, 3.8) is 0 Å². The van der Waals surface area contributed by atoms with Crippen molar-refractivity contribution in [2.24, 2.45) is 7.05 Å². The highest BCUT2D eigenvalue weighted by Crippen LogP contribution is 2.21. The maximum absolute atomic E-state index is 12.0. The van der Waals surface area contributed by atoms with Crippen LogP contribution in [0.4, 0.5) is 0 Å². The second-order valence-corrected chi connectivity index (χ2v) is 5.61. The van der Waals surface area contributed by atoms with E-state index in [-0.39, 0.29) is 12.3 Å². The van der Waals surface area contributed by atoms with Gasteiger partial charge in [-0.2, -0.15) is 0 Å². The molecular formula is C18H22N2O3. The molecule has 1 unspecified atom stereocenters. The summed E-state index contributed by atoms with van der Waals surface area (Å²) in [7, 11) is 1.97. The molecule has 0 fully saturated rings. The Balaban J connectivity index is 1.97. The number of carbonyl (C=O) groups excluding carboxylic acids is 1. The Bertz CT molecular complexity index is 718. The quantitative estimate of drug-likeness (QED) is 0.736. The number of carboxylic acid groups (broad SMARTS) is 1. The summed E-state index contributed by atoms with van der Waals surface area (Å²) in [5.41, 5.74) is 2.22. The monoisotopic (exact) mass is 314 g/mol. The SMILES string of the molecule is C=CCCC(NC(=O)CCc1cn(C)c2ccccc12)C(=O)O. The highest BCUT2D eigenvalue weighted by atomic mass is 16.4. The fourth-order valence-electron chi connectivity index (χ4n) is 2.68. The lowest BCUT2D eigenvalue weighted by Crippen LogP contribution is -2.40. The maximum Gasteiger partial charge on any atom is 0.326 e. The number of rotatable bonds is 8. The molecule has 0 saturated heterocycles. The van der Waals surface area contributed by atoms with Gasteiger partial charge in [0, 0.05) is 30.6 Å². The molecule has 0 aliphatic rings. The van der Waals surface area contributed by atoms with E-state index in [9.17, 15) is 9.59 Å². The van der Waals surface area contributed by atoms with Crippen molar-refractivity contribution in [3.05, 3.63) is 48.7 Å². The van der Waals surface area contributed by atoms with Gasteiger partial charge in [-0.25, -0.2) is 4.79 Å². The molecule has 0 spiro atoms. The summed E-state index contributed by atoms with van der Waals surface area (Å²) in [6, 6.07) is 7.17. The summed E-state index contributed by atoms with van der Waals surface area (Å²) in [4.78, 5) is 23.2. The van der Waals surface area contributed by atoms with Crippen LogP contribution in [0.3, 0.4) is 0 Å². The molecule has 23 heavy (non-hydrogen) atoms. The summed E-state index contributed by atoms with van der Waals surface area (Å²) in [5, 5.41) is 12.8. The maximum atomic E-state index is 12.0. The summed E-state index contributed by atoms with van der Waals surface area (Å²) < 4.78 is 2.03. The van der Waals surface area contributed by atoms with Crippen molar-refractivity contribution in [2.45, 2.75) is 31.7 Å². The molecule has 2 aromatic rings. The van der Waals surface area contributed by atoms with Crippen LogP contribution in [-0.4, -0.2) is 27.6 Å². The highest BCUT2D eigenvalue weighted by Gasteiger charge is 2.19. The lowest BCUT2D eigenvalue weighted by Gasteiger charge is -2.13. The number of nitrogens with zero attached hydrogens (tertiary/aromatic N) is 1. The molecule has 0 saturated carbocycles. The van der Waals surface area contributed by atoms with Crippen molar-refractivity contribution in [1.29, 1.82) is 0 Å². The van der Waals surface area contributed by atoms with Gasteiger partial charge in [0.15, 0.2) is 0 Å². The Hall–Kier alpha value is -2.56. The molecule has 5 heteroatoms. The normalized spacial score (nSPS) is 12.0. The van der Waals surface area contributed by atoms with Crippen LogP contribution < -0.4 is 5.32 Å². The Morgan fingerprint density at radius 3 is 2.83 bits per heavy atom. The van der Waals surface area contributed by atoms with Crippen LogP contribution in [0.5, 0.6) is 0 Å². The van der Waals surface area contributed by atoms with E-state index in [2.05, 4.69) is 11.9 Å². The zero-order valence-corrected chi connectivity index (χ0v) is 13.3. The first-order valence-corrected chi connectivity index (χ1v) is 7.69. The number of fused-ring (bicyclic) bond motifs is 1. The lowest BCUT2D eigenvalue weighted by atomic mass is 10.1. The molecule has 5 nitrogen and oxygen atoms in total. The van der Waals surface area contributed by atoms with Gasteiger partial charge in [-0.15, -0.1) is 6.58 Å². The van der Waals surface area contributed by atoms with Crippen LogP contribution in [0.15, 0.2) is 43.1 Å². The lowest BCUT2D eigenvalue weighted by molar-refractivity contribution is -0.142. The molecule has 0 aliphatic heterocycles. The van der Waals surface area contributed by atoms with Gasteiger partial charge in [0.2, 0.25) is 5.91 Å². The third-order valence-corrected chi connectivity index (χ3v) is 3.89. The van der Waals surface area contributed by atoms with Crippen LogP contribution in [0.2, 0.25) is 0 Å². The molecular weight excluding hydrogens is 292 g/mol. The molecule has 2 N–H and O–H groups in total. The molecule has 1 aromatic heterocycles. The van der Waals surface area contributed by atoms with Gasteiger partial charge < -0.3 is 15.0 Å². The summed E-state index contributed by atoms with van der Waals surface area (Å²) in [5.74, 6) is -1.25. The van der Waals surface area contributed by atoms with E-state index in [0.717, 1.165) is 16.5 Å². The average Bonchev–Trinajstić information content (AvgIpc) is 2.86. The Morgan fingerprint density at radius 1 is 1.39 bits per heavy atom. The highest BCUT2D eigenvalue weighted by molar-refractivity contribution is 5.86. The number of hydrogen-bond donors (Lipinski definition) is 2. The Morgan fingerprint density at radius 2 is 2.13 bits per heavy atom. The van der Waals surface area contributed by atoms with Crippen molar-refractivity contribution < 1.29 is 14.7 Å². The first-order chi connectivity index (χ1) is 11.0. The van der Waals surface area contributed by atoms with E-state index in [1.54, 1.807) is 6.08 Å². The number of carboxylic acids is 1. The number of aryl methyl sites for hydroxylation is 2. The second kappa shape index (κ2) is 7.63. The van der Waals surface area contributed by atoms with Crippen LogP contribution >= 0.6 is 0 Å². The number of hydrogen-bond acceptors (Lipinski definition) is 2. The van der Waals surface area contributed by atoms with E-state index in [1.165, 1.54) is 0 Å². The molecule has 122 valence electrons. The van der Waals surface area contributed by atoms with Gasteiger partial charge in [0.1, 0.15) is 6.04 Å². The van der Waals surface area contributed by atoms with Crippen LogP contribution in [-0.2, 0) is 23.1 Å². The molecule has 1 amide bonds. The number of amides is 1. The largest absolute Gasteiger partial charge is 0.480 e. The summed E-state index contributed by atoms with van der Waals surface area (Å²) in [6.07, 6.45) is 5.44. The minimum Gasteiger partial charge on any atom is -0.480 e. The van der Waals surface area contributed by atoms with E-state index in [0.29, 0.717) is 19.3 Å². The smallest absolute Gasteiger partial charge is 0.326 e. The minimum atomic E-state index is -1.01. The zero-order valence-electron chi connectivity index (χ0n) is 13.3. The molecule has 0 radical (unpaired) electrons. The third-order valence-electron chi connectivity index (χ3n) is 3.89. The molecule has 2 rings (SSSR count). The number of para-hydroxylation sites is 1. The predicted octanol–water partition coefficient (Wildman–Crippen LogP) is 2.65. The number of aromatic nitrogens is 1. The number of allylic oxidation sites excluding steroid dienone is 1. The van der Waals surface area contributed by atoms with Crippen molar-refractivity contribution in [1.82, 2.24) is 9.88 Å². The van der Waals surface area contributed by atoms with Gasteiger partial charge in [0.05, 0.1) is 0 Å². The molecule has 1 atom stereocenters. The topological polar surface area (TPSA) is 71.3 Å².